The lowest BCUT2D eigenvalue weighted by Crippen LogP contribution is -2.63. The summed E-state index contributed by atoms with van der Waals surface area (Å²) < 4.78 is 0. The number of hydrogen-bond donors (Lipinski definition) is 1. The van der Waals surface area contributed by atoms with Gasteiger partial charge >= 0.3 is 0 Å². The largest absolute Gasteiger partial charge is 0.311 e. The van der Waals surface area contributed by atoms with Crippen molar-refractivity contribution in [3.63, 3.8) is 0 Å². The van der Waals surface area contributed by atoms with Gasteiger partial charge in [0.05, 0.1) is 0 Å². The van der Waals surface area contributed by atoms with Crippen molar-refractivity contribution in [2.24, 2.45) is 0 Å². The Bertz CT molecular complexity index is 221. The highest BCUT2D eigenvalue weighted by atomic mass is 15.3. The Kier molecular flexibility index (Phi) is 4.87. The van der Waals surface area contributed by atoms with Crippen LogP contribution in [0.15, 0.2) is 0 Å². The van der Waals surface area contributed by atoms with Crippen LogP contribution in [0.3, 0.4) is 0 Å². The van der Waals surface area contributed by atoms with Gasteiger partial charge in [-0.25, -0.2) is 0 Å². The number of rotatable bonds is 5. The lowest BCUT2D eigenvalue weighted by Gasteiger charge is -2.48. The molecule has 1 saturated heterocycles. The molecule has 2 fully saturated rings. The first-order chi connectivity index (χ1) is 8.30. The van der Waals surface area contributed by atoms with Crippen molar-refractivity contribution in [1.29, 1.82) is 0 Å². The van der Waals surface area contributed by atoms with E-state index in [1.807, 2.05) is 0 Å². The van der Waals surface area contributed by atoms with E-state index in [1.54, 1.807) is 0 Å². The molecule has 0 aromatic carbocycles. The van der Waals surface area contributed by atoms with Crippen molar-refractivity contribution in [3.05, 3.63) is 0 Å². The molecule has 2 rings (SSSR count). The highest BCUT2D eigenvalue weighted by Gasteiger charge is 2.42. The molecule has 2 nitrogen and oxygen atoms in total. The van der Waals surface area contributed by atoms with Crippen molar-refractivity contribution < 1.29 is 0 Å². The molecule has 1 aliphatic heterocycles. The van der Waals surface area contributed by atoms with Crippen LogP contribution >= 0.6 is 0 Å². The third-order valence-corrected chi connectivity index (χ3v) is 4.78. The smallest absolute Gasteiger partial charge is 0.0334 e. The van der Waals surface area contributed by atoms with Gasteiger partial charge in [0.15, 0.2) is 0 Å². The zero-order valence-corrected chi connectivity index (χ0v) is 11.8. The Morgan fingerprint density at radius 1 is 1.18 bits per heavy atom. The summed E-state index contributed by atoms with van der Waals surface area (Å²) in [5, 5.41) is 3.82. The number of hydrogen-bond acceptors (Lipinski definition) is 2. The number of unbranched alkanes of at least 4 members (excludes halogenated alkanes) is 1. The van der Waals surface area contributed by atoms with Gasteiger partial charge in [-0.3, -0.25) is 4.90 Å². The molecule has 1 spiro atoms. The quantitative estimate of drug-likeness (QED) is 0.791. The van der Waals surface area contributed by atoms with Crippen LogP contribution in [0.25, 0.3) is 0 Å². The maximum atomic E-state index is 3.82. The van der Waals surface area contributed by atoms with Crippen molar-refractivity contribution in [3.8, 4) is 0 Å². The maximum Gasteiger partial charge on any atom is 0.0334 e. The Labute approximate surface area is 107 Å². The van der Waals surface area contributed by atoms with E-state index < -0.39 is 0 Å². The molecule has 1 aliphatic carbocycles. The van der Waals surface area contributed by atoms with Gasteiger partial charge in [-0.1, -0.05) is 39.5 Å². The predicted molar refractivity (Wildman–Crippen MR) is 74.4 cm³/mol. The number of nitrogens with zero attached hydrogens (tertiary/aromatic N) is 1. The lowest BCUT2D eigenvalue weighted by molar-refractivity contribution is 0.0399. The van der Waals surface area contributed by atoms with Crippen LogP contribution in [-0.2, 0) is 0 Å². The van der Waals surface area contributed by atoms with Crippen LogP contribution < -0.4 is 5.32 Å². The molecule has 0 aromatic rings. The molecule has 1 saturated carbocycles. The average molecular weight is 238 g/mol. The van der Waals surface area contributed by atoms with Crippen molar-refractivity contribution in [2.75, 3.05) is 19.6 Å². The van der Waals surface area contributed by atoms with Gasteiger partial charge in [0, 0.05) is 24.7 Å². The topological polar surface area (TPSA) is 15.3 Å². The van der Waals surface area contributed by atoms with Crippen LogP contribution in [0.5, 0.6) is 0 Å². The Hall–Kier alpha value is -0.0800. The average Bonchev–Trinajstić information content (AvgIpc) is 2.80. The second-order valence-electron chi connectivity index (χ2n) is 6.10. The minimum Gasteiger partial charge on any atom is -0.311 e. The molecule has 2 aliphatic rings. The molecular weight excluding hydrogens is 208 g/mol. The second kappa shape index (κ2) is 6.19. The highest BCUT2D eigenvalue weighted by Crippen LogP contribution is 2.37. The Morgan fingerprint density at radius 2 is 1.94 bits per heavy atom. The van der Waals surface area contributed by atoms with Gasteiger partial charge < -0.3 is 5.32 Å². The summed E-state index contributed by atoms with van der Waals surface area (Å²) in [5.41, 5.74) is 0.541. The summed E-state index contributed by atoms with van der Waals surface area (Å²) in [4.78, 5) is 2.85. The van der Waals surface area contributed by atoms with Crippen LogP contribution in [0, 0.1) is 0 Å². The second-order valence-corrected chi connectivity index (χ2v) is 6.10. The van der Waals surface area contributed by atoms with Gasteiger partial charge in [0.1, 0.15) is 0 Å². The van der Waals surface area contributed by atoms with Gasteiger partial charge in [-0.15, -0.1) is 0 Å². The monoisotopic (exact) mass is 238 g/mol. The van der Waals surface area contributed by atoms with E-state index in [1.165, 1.54) is 71.0 Å². The Morgan fingerprint density at radius 3 is 2.59 bits per heavy atom. The van der Waals surface area contributed by atoms with Crippen LogP contribution in [0.1, 0.15) is 65.2 Å². The van der Waals surface area contributed by atoms with E-state index in [9.17, 15) is 0 Å². The SMILES string of the molecule is CCCCN1CC(CCC)NCC12CCCC2. The zero-order valence-electron chi connectivity index (χ0n) is 11.8. The summed E-state index contributed by atoms with van der Waals surface area (Å²) in [7, 11) is 0. The highest BCUT2D eigenvalue weighted by molar-refractivity contribution is 5.01. The molecule has 1 heterocycles. The van der Waals surface area contributed by atoms with Crippen LogP contribution in [-0.4, -0.2) is 36.1 Å². The van der Waals surface area contributed by atoms with Crippen LogP contribution in [0.4, 0.5) is 0 Å². The first-order valence-corrected chi connectivity index (χ1v) is 7.79. The van der Waals surface area contributed by atoms with Crippen molar-refractivity contribution in [2.45, 2.75) is 76.8 Å². The maximum absolute atomic E-state index is 3.82. The summed E-state index contributed by atoms with van der Waals surface area (Å²) in [6.45, 7) is 8.50. The molecule has 100 valence electrons. The van der Waals surface area contributed by atoms with Crippen molar-refractivity contribution >= 4 is 0 Å². The molecule has 0 bridgehead atoms. The summed E-state index contributed by atoms with van der Waals surface area (Å²) in [6, 6.07) is 0.753. The fourth-order valence-electron chi connectivity index (χ4n) is 3.72. The molecule has 0 amide bonds. The van der Waals surface area contributed by atoms with E-state index in [-0.39, 0.29) is 0 Å². The first kappa shape index (κ1) is 13.4. The van der Waals surface area contributed by atoms with Gasteiger partial charge in [0.25, 0.3) is 0 Å². The zero-order chi connectivity index (χ0) is 12.1. The molecule has 0 aromatic heterocycles. The third-order valence-electron chi connectivity index (χ3n) is 4.78. The van der Waals surface area contributed by atoms with E-state index in [0.29, 0.717) is 5.54 Å². The minimum atomic E-state index is 0.541. The molecule has 1 N–H and O–H groups in total. The van der Waals surface area contributed by atoms with Gasteiger partial charge in [-0.2, -0.15) is 0 Å². The molecule has 2 heteroatoms. The number of nitrogens with one attached hydrogen (secondary N) is 1. The van der Waals surface area contributed by atoms with E-state index >= 15 is 0 Å². The minimum absolute atomic E-state index is 0.541. The van der Waals surface area contributed by atoms with Crippen LogP contribution in [0.2, 0.25) is 0 Å². The molecule has 17 heavy (non-hydrogen) atoms. The summed E-state index contributed by atoms with van der Waals surface area (Å²) >= 11 is 0. The molecule has 1 unspecified atom stereocenters. The Balaban J connectivity index is 1.96. The van der Waals surface area contributed by atoms with Crippen molar-refractivity contribution in [1.82, 2.24) is 10.2 Å². The molecule has 1 atom stereocenters. The molecule has 0 radical (unpaired) electrons. The van der Waals surface area contributed by atoms with E-state index in [0.717, 1.165) is 6.04 Å². The fraction of sp³-hybridized carbons (Fsp3) is 1.00. The normalized spacial score (nSPS) is 28.9. The lowest BCUT2D eigenvalue weighted by atomic mass is 9.89. The number of piperazine rings is 1. The van der Waals surface area contributed by atoms with E-state index in [2.05, 4.69) is 24.1 Å². The third kappa shape index (κ3) is 3.03. The standard InChI is InChI=1S/C15H30N2/c1-3-5-11-17-12-14(8-4-2)16-13-15(17)9-6-7-10-15/h14,16H,3-13H2,1-2H3. The van der Waals surface area contributed by atoms with Gasteiger partial charge in [-0.05, 0) is 32.2 Å². The fourth-order valence-corrected chi connectivity index (χ4v) is 3.72. The first-order valence-electron chi connectivity index (χ1n) is 7.79. The summed E-state index contributed by atoms with van der Waals surface area (Å²) in [5.74, 6) is 0. The molecular formula is C15H30N2. The summed E-state index contributed by atoms with van der Waals surface area (Å²) in [6.07, 6.45) is 11.1. The predicted octanol–water partition coefficient (Wildman–Crippen LogP) is 3.17. The van der Waals surface area contributed by atoms with E-state index in [4.69, 9.17) is 0 Å². The van der Waals surface area contributed by atoms with Gasteiger partial charge in [0.2, 0.25) is 0 Å².